The van der Waals surface area contributed by atoms with Crippen molar-refractivity contribution in [3.05, 3.63) is 64.4 Å². The third-order valence-corrected chi connectivity index (χ3v) is 2.94. The van der Waals surface area contributed by atoms with E-state index in [1.165, 1.54) is 18.2 Å². The summed E-state index contributed by atoms with van der Waals surface area (Å²) in [7, 11) is 0. The summed E-state index contributed by atoms with van der Waals surface area (Å²) < 4.78 is 18.7. The summed E-state index contributed by atoms with van der Waals surface area (Å²) >= 11 is 5.88. The van der Waals surface area contributed by atoms with Crippen LogP contribution in [0.15, 0.2) is 42.5 Å². The highest BCUT2D eigenvalue weighted by atomic mass is 35.5. The smallest absolute Gasteiger partial charge is 0.125 e. The van der Waals surface area contributed by atoms with Crippen LogP contribution in [-0.2, 0) is 6.61 Å². The maximum Gasteiger partial charge on any atom is 0.125 e. The molecule has 0 unspecified atom stereocenters. The largest absolute Gasteiger partial charge is 0.489 e. The summed E-state index contributed by atoms with van der Waals surface area (Å²) in [6.45, 7) is 1.88. The van der Waals surface area contributed by atoms with E-state index in [0.717, 1.165) is 5.56 Å². The summed E-state index contributed by atoms with van der Waals surface area (Å²) in [6, 6.07) is 11.4. The van der Waals surface area contributed by atoms with Crippen LogP contribution in [0, 0.1) is 5.82 Å². The van der Waals surface area contributed by atoms with E-state index < -0.39 is 11.9 Å². The molecule has 100 valence electrons. The number of rotatable bonds is 4. The molecule has 19 heavy (non-hydrogen) atoms. The van der Waals surface area contributed by atoms with Gasteiger partial charge in [0.05, 0.1) is 6.10 Å². The maximum absolute atomic E-state index is 13.1. The van der Waals surface area contributed by atoms with Crippen molar-refractivity contribution in [3.8, 4) is 5.75 Å². The maximum atomic E-state index is 13.1. The van der Waals surface area contributed by atoms with E-state index in [4.69, 9.17) is 16.3 Å². The molecule has 0 aliphatic heterocycles. The summed E-state index contributed by atoms with van der Waals surface area (Å²) in [4.78, 5) is 0. The van der Waals surface area contributed by atoms with Crippen molar-refractivity contribution < 1.29 is 14.2 Å². The van der Waals surface area contributed by atoms with Crippen LogP contribution >= 0.6 is 11.6 Å². The second kappa shape index (κ2) is 6.04. The fraction of sp³-hybridized carbons (Fsp3) is 0.200. The van der Waals surface area contributed by atoms with E-state index in [1.54, 1.807) is 19.1 Å². The minimum Gasteiger partial charge on any atom is -0.489 e. The Labute approximate surface area is 116 Å². The molecule has 0 saturated heterocycles. The number of benzene rings is 2. The lowest BCUT2D eigenvalue weighted by atomic mass is 10.1. The van der Waals surface area contributed by atoms with Gasteiger partial charge in [-0.05, 0) is 42.8 Å². The quantitative estimate of drug-likeness (QED) is 0.913. The Balaban J connectivity index is 2.15. The second-order valence-electron chi connectivity index (χ2n) is 4.28. The van der Waals surface area contributed by atoms with Crippen molar-refractivity contribution in [1.82, 2.24) is 0 Å². The third kappa shape index (κ3) is 3.69. The van der Waals surface area contributed by atoms with Gasteiger partial charge in [-0.25, -0.2) is 4.39 Å². The first-order valence-electron chi connectivity index (χ1n) is 5.91. The lowest BCUT2D eigenvalue weighted by Crippen LogP contribution is -2.01. The van der Waals surface area contributed by atoms with Gasteiger partial charge in [0.1, 0.15) is 18.2 Å². The summed E-state index contributed by atoms with van der Waals surface area (Å²) in [6.07, 6.45) is -0.787. The highest BCUT2D eigenvalue weighted by Crippen LogP contribution is 2.26. The SMILES string of the molecule is C[C@H](O)c1cc(F)ccc1OCc1cccc(Cl)c1. The van der Waals surface area contributed by atoms with E-state index in [0.29, 0.717) is 22.9 Å². The Kier molecular flexibility index (Phi) is 4.40. The van der Waals surface area contributed by atoms with Crippen LogP contribution in [0.4, 0.5) is 4.39 Å². The Morgan fingerprint density at radius 3 is 2.74 bits per heavy atom. The molecule has 2 nitrogen and oxygen atoms in total. The van der Waals surface area contributed by atoms with E-state index in [-0.39, 0.29) is 0 Å². The molecule has 0 radical (unpaired) electrons. The summed E-state index contributed by atoms with van der Waals surface area (Å²) in [5.41, 5.74) is 1.34. The predicted molar refractivity (Wildman–Crippen MR) is 72.8 cm³/mol. The van der Waals surface area contributed by atoms with Gasteiger partial charge in [-0.2, -0.15) is 0 Å². The first kappa shape index (κ1) is 13.8. The standard InChI is InChI=1S/C15H14ClFO2/c1-10(18)14-8-13(17)5-6-15(14)19-9-11-3-2-4-12(16)7-11/h2-8,10,18H,9H2,1H3/t10-/m0/s1. The van der Waals surface area contributed by atoms with Crippen molar-refractivity contribution >= 4 is 11.6 Å². The zero-order valence-corrected chi connectivity index (χ0v) is 11.2. The molecule has 0 fully saturated rings. The molecule has 4 heteroatoms. The molecule has 0 spiro atoms. The number of halogens is 2. The molecule has 0 bridgehead atoms. The Morgan fingerprint density at radius 2 is 2.05 bits per heavy atom. The fourth-order valence-electron chi connectivity index (χ4n) is 1.77. The Hall–Kier alpha value is -1.58. The molecule has 0 aliphatic carbocycles. The van der Waals surface area contributed by atoms with E-state index in [1.807, 2.05) is 12.1 Å². The van der Waals surface area contributed by atoms with Gasteiger partial charge in [-0.3, -0.25) is 0 Å². The topological polar surface area (TPSA) is 29.5 Å². The van der Waals surface area contributed by atoms with Gasteiger partial charge in [0.2, 0.25) is 0 Å². The molecule has 2 aromatic carbocycles. The minimum atomic E-state index is -0.787. The van der Waals surface area contributed by atoms with E-state index >= 15 is 0 Å². The molecular weight excluding hydrogens is 267 g/mol. The zero-order chi connectivity index (χ0) is 13.8. The van der Waals surface area contributed by atoms with Crippen LogP contribution in [0.5, 0.6) is 5.75 Å². The van der Waals surface area contributed by atoms with Crippen molar-refractivity contribution in [2.45, 2.75) is 19.6 Å². The van der Waals surface area contributed by atoms with Crippen LogP contribution in [0.2, 0.25) is 5.02 Å². The minimum absolute atomic E-state index is 0.311. The number of hydrogen-bond donors (Lipinski definition) is 1. The molecule has 1 N–H and O–H groups in total. The molecule has 0 saturated carbocycles. The number of ether oxygens (including phenoxy) is 1. The summed E-state index contributed by atoms with van der Waals surface area (Å²) in [5.74, 6) is 0.0716. The van der Waals surface area contributed by atoms with Gasteiger partial charge in [0.25, 0.3) is 0 Å². The first-order valence-corrected chi connectivity index (χ1v) is 6.29. The monoisotopic (exact) mass is 280 g/mol. The number of hydrogen-bond acceptors (Lipinski definition) is 2. The van der Waals surface area contributed by atoms with Gasteiger partial charge >= 0.3 is 0 Å². The molecule has 0 aromatic heterocycles. The summed E-state index contributed by atoms with van der Waals surface area (Å²) in [5, 5.41) is 10.2. The van der Waals surface area contributed by atoms with Crippen molar-refractivity contribution in [2.75, 3.05) is 0 Å². The average molecular weight is 281 g/mol. The van der Waals surface area contributed by atoms with Gasteiger partial charge < -0.3 is 9.84 Å². The van der Waals surface area contributed by atoms with Gasteiger partial charge in [0, 0.05) is 10.6 Å². The lowest BCUT2D eigenvalue weighted by Gasteiger charge is -2.13. The van der Waals surface area contributed by atoms with Crippen LogP contribution < -0.4 is 4.74 Å². The Bertz CT molecular complexity index is 570. The van der Waals surface area contributed by atoms with E-state index in [9.17, 15) is 9.50 Å². The van der Waals surface area contributed by atoms with Gasteiger partial charge in [0.15, 0.2) is 0 Å². The molecular formula is C15H14ClFO2. The van der Waals surface area contributed by atoms with Gasteiger partial charge in [-0.15, -0.1) is 0 Å². The number of aliphatic hydroxyl groups is 1. The van der Waals surface area contributed by atoms with Gasteiger partial charge in [-0.1, -0.05) is 23.7 Å². The van der Waals surface area contributed by atoms with Crippen LogP contribution in [0.3, 0.4) is 0 Å². The predicted octanol–water partition coefficient (Wildman–Crippen LogP) is 4.11. The second-order valence-corrected chi connectivity index (χ2v) is 4.71. The van der Waals surface area contributed by atoms with Crippen LogP contribution in [0.1, 0.15) is 24.2 Å². The van der Waals surface area contributed by atoms with E-state index in [2.05, 4.69) is 0 Å². The van der Waals surface area contributed by atoms with Crippen molar-refractivity contribution in [3.63, 3.8) is 0 Å². The highest BCUT2D eigenvalue weighted by molar-refractivity contribution is 6.30. The number of aliphatic hydroxyl groups excluding tert-OH is 1. The Morgan fingerprint density at radius 1 is 1.26 bits per heavy atom. The molecule has 1 atom stereocenters. The molecule has 0 aliphatic rings. The molecule has 2 aromatic rings. The third-order valence-electron chi connectivity index (χ3n) is 2.71. The molecule has 0 amide bonds. The molecule has 0 heterocycles. The highest BCUT2D eigenvalue weighted by Gasteiger charge is 2.10. The fourth-order valence-corrected chi connectivity index (χ4v) is 1.98. The van der Waals surface area contributed by atoms with Crippen molar-refractivity contribution in [2.24, 2.45) is 0 Å². The normalized spacial score (nSPS) is 12.2. The lowest BCUT2D eigenvalue weighted by molar-refractivity contribution is 0.189. The van der Waals surface area contributed by atoms with Crippen LogP contribution in [0.25, 0.3) is 0 Å². The zero-order valence-electron chi connectivity index (χ0n) is 10.4. The first-order chi connectivity index (χ1) is 9.06. The van der Waals surface area contributed by atoms with Crippen LogP contribution in [-0.4, -0.2) is 5.11 Å². The average Bonchev–Trinajstić information content (AvgIpc) is 2.37. The molecule has 2 rings (SSSR count). The van der Waals surface area contributed by atoms with Crippen molar-refractivity contribution in [1.29, 1.82) is 0 Å².